The first kappa shape index (κ1) is 74.2. The molecule has 0 radical (unpaired) electrons. The molecule has 5 aromatic rings. The largest absolute Gasteiger partial charge is 0.508 e. The molecule has 7 heterocycles. The average molecular weight is 1450 g/mol. The van der Waals surface area contributed by atoms with Crippen LogP contribution in [0.4, 0.5) is 0 Å². The zero-order valence-corrected chi connectivity index (χ0v) is 55.7. The third kappa shape index (κ3) is 15.7. The van der Waals surface area contributed by atoms with Crippen molar-refractivity contribution in [2.24, 2.45) is 17.4 Å². The van der Waals surface area contributed by atoms with E-state index >= 15 is 19.2 Å². The van der Waals surface area contributed by atoms with Gasteiger partial charge in [0.15, 0.2) is 29.6 Å². The standard InChI is InChI=1S/C66H73Cl2N9O24/c1-23(2)12-34(71-5)58(88)76-49-51(83)26-7-10-38(32(67)14-26)97-40-16-28-17-41(56(40)101-65-54(86)53(85)52(84)42(22-78)99-65)98-39-11-8-27(15-33(39)68)55(100-44-21-66(4,70)57(87)24(3)96-44)50-63(93)75-48(64(94)95)31-18-29(79)19-37(81)45(31)30-13-25(6-9-36(30)80)46(60(90)77-50)74-61(91)47(28)73-59(89)35(20-43(69)82)72-62(49)92/h6-11,13-19,23-24,34-35,42,44,46-55,65,71,78-81,83-86H,12,20-22,70H2,1-5H3,(H2,69,82)(H,72,92)(H,73,89)(H,74,91)(H,75,93)(H,76,88)(H,77,90)(H,94,95). The van der Waals surface area contributed by atoms with E-state index in [1.54, 1.807) is 0 Å². The molecule has 0 aromatic heterocycles. The lowest BCUT2D eigenvalue weighted by Gasteiger charge is -2.40. The molecule has 20 N–H and O–H groups in total. The molecule has 7 amide bonds. The number of aliphatic hydroxyl groups is 5. The summed E-state index contributed by atoms with van der Waals surface area (Å²) in [6, 6.07) is -0.561. The topological polar surface area (TPSA) is 527 Å². The van der Waals surface area contributed by atoms with Gasteiger partial charge in [-0.2, -0.15) is 0 Å². The molecule has 0 aliphatic carbocycles. The molecule has 17 atom stereocenters. The Labute approximate surface area is 583 Å². The normalized spacial score (nSPS) is 28.7. The number of ketones is 1. The Bertz CT molecular complexity index is 4130. The van der Waals surface area contributed by atoms with E-state index in [9.17, 15) is 69.9 Å². The monoisotopic (exact) mass is 1450 g/mol. The maximum atomic E-state index is 16.1. The zero-order valence-electron chi connectivity index (χ0n) is 54.2. The van der Waals surface area contributed by atoms with E-state index in [4.69, 9.17) is 63.1 Å². The molecule has 11 bridgehead atoms. The van der Waals surface area contributed by atoms with Crippen molar-refractivity contribution in [2.45, 2.75) is 150 Å². The van der Waals surface area contributed by atoms with Crippen molar-refractivity contribution in [3.8, 4) is 57.1 Å². The van der Waals surface area contributed by atoms with Gasteiger partial charge < -0.3 is 123 Å². The summed E-state index contributed by atoms with van der Waals surface area (Å²) in [7, 11) is 1.47. The SMILES string of the molecule is CNC(CC(C)C)C(=O)NC1C(=O)NC(CC(N)=O)C(=O)NC2C(=O)NC3C(=O)NC(C(=O)NC(C(=O)O)c4cc(O)cc(O)c4-c4cc3ccc4O)C(OC3CC(C)(N)C(=O)C(C)O3)c3ccc(c(Cl)c3)Oc3cc2cc(c3OC2OC(CO)C(O)C(O)C2O)Oc2ccc(cc2Cl)C1O. The fourth-order valence-electron chi connectivity index (χ4n) is 12.4. The summed E-state index contributed by atoms with van der Waals surface area (Å²) in [5.41, 5.74) is 7.78. The number of benzene rings is 5. The van der Waals surface area contributed by atoms with Gasteiger partial charge in [0.05, 0.1) is 34.7 Å². The number of rotatable bonds is 13. The highest BCUT2D eigenvalue weighted by Crippen LogP contribution is 2.50. The predicted molar refractivity (Wildman–Crippen MR) is 348 cm³/mol. The molecule has 33 nitrogen and oxygen atoms in total. The Morgan fingerprint density at radius 2 is 1.33 bits per heavy atom. The van der Waals surface area contributed by atoms with E-state index < -0.39 is 243 Å². The van der Waals surface area contributed by atoms with Crippen LogP contribution < -0.4 is 62.9 Å². The van der Waals surface area contributed by atoms with Crippen LogP contribution in [0.5, 0.6) is 46.0 Å². The number of ether oxygens (including phenoxy) is 6. The van der Waals surface area contributed by atoms with Crippen LogP contribution in [0.15, 0.2) is 78.9 Å². The summed E-state index contributed by atoms with van der Waals surface area (Å²) < 4.78 is 37.8. The number of likely N-dealkylation sites (N-methyl/N-ethyl adjacent to an activating group) is 1. The number of aliphatic hydroxyl groups excluding tert-OH is 5. The van der Waals surface area contributed by atoms with E-state index in [1.807, 2.05) is 13.8 Å². The maximum absolute atomic E-state index is 16.1. The number of hydrogen-bond donors (Lipinski definition) is 18. The van der Waals surface area contributed by atoms with E-state index in [1.165, 1.54) is 39.1 Å². The summed E-state index contributed by atoms with van der Waals surface area (Å²) in [4.78, 5) is 132. The van der Waals surface area contributed by atoms with Crippen molar-refractivity contribution in [1.82, 2.24) is 37.2 Å². The fourth-order valence-corrected chi connectivity index (χ4v) is 12.8. The Morgan fingerprint density at radius 3 is 1.93 bits per heavy atom. The zero-order chi connectivity index (χ0) is 73.5. The number of hydrogen-bond acceptors (Lipinski definition) is 25. The number of amides is 7. The number of nitrogens with one attached hydrogen (secondary N) is 7. The lowest BCUT2D eigenvalue weighted by molar-refractivity contribution is -0.277. The molecule has 7 aliphatic rings. The van der Waals surface area contributed by atoms with Crippen LogP contribution in [0.25, 0.3) is 11.1 Å². The number of carboxylic acids is 1. The number of Topliss-reactive ketones (excluding diaryl/α,β-unsaturated/α-hetero) is 1. The summed E-state index contributed by atoms with van der Waals surface area (Å²) in [5, 5.41) is 118. The number of phenolic OH excluding ortho intramolecular Hbond substituents is 3. The number of carbonyl (C=O) groups excluding carboxylic acids is 8. The van der Waals surface area contributed by atoms with Crippen molar-refractivity contribution in [3.05, 3.63) is 117 Å². The van der Waals surface area contributed by atoms with Gasteiger partial charge in [-0.3, -0.25) is 38.4 Å². The molecule has 0 saturated carbocycles. The van der Waals surface area contributed by atoms with Gasteiger partial charge in [-0.1, -0.05) is 55.2 Å². The van der Waals surface area contributed by atoms with Gasteiger partial charge in [-0.15, -0.1) is 0 Å². The number of carboxylic acid groups (broad SMARTS) is 1. The van der Waals surface area contributed by atoms with E-state index in [0.717, 1.165) is 60.7 Å². The van der Waals surface area contributed by atoms with Gasteiger partial charge in [0.25, 0.3) is 0 Å². The van der Waals surface area contributed by atoms with Gasteiger partial charge in [-0.05, 0) is 110 Å². The Hall–Kier alpha value is -9.49. The van der Waals surface area contributed by atoms with Crippen LogP contribution in [0, 0.1) is 5.92 Å². The highest BCUT2D eigenvalue weighted by molar-refractivity contribution is 6.32. The van der Waals surface area contributed by atoms with E-state index in [-0.39, 0.29) is 39.8 Å². The summed E-state index contributed by atoms with van der Waals surface area (Å²) >= 11 is 14.2. The van der Waals surface area contributed by atoms with Gasteiger partial charge in [-0.25, -0.2) is 4.79 Å². The number of primary amides is 1. The minimum Gasteiger partial charge on any atom is -0.508 e. The summed E-state index contributed by atoms with van der Waals surface area (Å²) in [5.74, 6) is -16.7. The van der Waals surface area contributed by atoms with Crippen molar-refractivity contribution < 1.29 is 118 Å². The molecule has 2 saturated heterocycles. The van der Waals surface area contributed by atoms with Crippen molar-refractivity contribution >= 4 is 76.3 Å². The van der Waals surface area contributed by atoms with Gasteiger partial charge in [0, 0.05) is 29.2 Å². The lowest BCUT2D eigenvalue weighted by atomic mass is 9.88. The lowest BCUT2D eigenvalue weighted by Crippen LogP contribution is -2.60. The third-order valence-corrected chi connectivity index (χ3v) is 18.1. The molecule has 540 valence electrons. The van der Waals surface area contributed by atoms with Crippen LogP contribution in [0.3, 0.4) is 0 Å². The molecule has 101 heavy (non-hydrogen) atoms. The number of phenols is 3. The summed E-state index contributed by atoms with van der Waals surface area (Å²) in [6.45, 7) is 5.40. The van der Waals surface area contributed by atoms with Crippen molar-refractivity contribution in [3.63, 3.8) is 0 Å². The molecular formula is C66H73Cl2N9O24. The Kier molecular flexibility index (Phi) is 22.0. The van der Waals surface area contributed by atoms with Gasteiger partial charge >= 0.3 is 5.97 Å². The third-order valence-electron chi connectivity index (χ3n) is 17.5. The molecular weight excluding hydrogens is 1370 g/mol. The maximum Gasteiger partial charge on any atom is 0.330 e. The minimum atomic E-state index is -2.35. The van der Waals surface area contributed by atoms with E-state index in [0.29, 0.717) is 0 Å². The molecule has 5 aromatic carbocycles. The molecule has 2 fully saturated rings. The van der Waals surface area contributed by atoms with Crippen LogP contribution in [0.2, 0.25) is 10.0 Å². The van der Waals surface area contributed by atoms with Crippen LogP contribution in [-0.2, 0) is 57.4 Å². The highest BCUT2D eigenvalue weighted by atomic mass is 35.5. The van der Waals surface area contributed by atoms with E-state index in [2.05, 4.69) is 37.2 Å². The molecule has 7 aliphatic heterocycles. The van der Waals surface area contributed by atoms with Gasteiger partial charge in [0.2, 0.25) is 53.4 Å². The second kappa shape index (κ2) is 30.0. The first-order valence-electron chi connectivity index (χ1n) is 31.5. The quantitative estimate of drug-likeness (QED) is 0.0754. The smallest absolute Gasteiger partial charge is 0.330 e. The fraction of sp³-hybridized carbons (Fsp3) is 0.409. The highest BCUT2D eigenvalue weighted by Gasteiger charge is 2.49. The number of aliphatic carboxylic acids is 1. The molecule has 17 unspecified atom stereocenters. The Balaban J connectivity index is 1.26. The summed E-state index contributed by atoms with van der Waals surface area (Å²) in [6.07, 6.45) is -18.1. The Morgan fingerprint density at radius 1 is 0.713 bits per heavy atom. The molecule has 0 spiro atoms. The first-order valence-corrected chi connectivity index (χ1v) is 32.2. The number of nitrogens with two attached hydrogens (primary N) is 2. The second-order valence-electron chi connectivity index (χ2n) is 25.5. The molecule has 35 heteroatoms. The van der Waals surface area contributed by atoms with Crippen LogP contribution >= 0.6 is 23.2 Å². The number of halogens is 2. The predicted octanol–water partition coefficient (Wildman–Crippen LogP) is 0.314. The number of aromatic hydroxyl groups is 3. The second-order valence-corrected chi connectivity index (χ2v) is 26.3. The van der Waals surface area contributed by atoms with Crippen LogP contribution in [0.1, 0.15) is 105 Å². The number of carbonyl (C=O) groups is 9. The molecule has 12 rings (SSSR count). The van der Waals surface area contributed by atoms with Crippen molar-refractivity contribution in [2.75, 3.05) is 13.7 Å². The van der Waals surface area contributed by atoms with Gasteiger partial charge in [0.1, 0.15) is 102 Å². The van der Waals surface area contributed by atoms with Crippen molar-refractivity contribution in [1.29, 1.82) is 0 Å². The average Bonchev–Trinajstić information content (AvgIpc) is 0.770. The minimum absolute atomic E-state index is 0.0975. The first-order chi connectivity index (χ1) is 47.7. The van der Waals surface area contributed by atoms with Crippen LogP contribution in [-0.4, -0.2) is 186 Å². The number of fused-ring (bicyclic) bond motifs is 15.